The highest BCUT2D eigenvalue weighted by Gasteiger charge is 2.30. The Bertz CT molecular complexity index is 1890. The van der Waals surface area contributed by atoms with Crippen molar-refractivity contribution in [2.75, 3.05) is 39.6 Å². The van der Waals surface area contributed by atoms with Gasteiger partial charge in [0.1, 0.15) is 19.3 Å². The minimum atomic E-state index is -4.96. The molecule has 17 nitrogen and oxygen atoms in total. The molecule has 0 aromatic heterocycles. The molecule has 5 atom stereocenters. The largest absolute Gasteiger partial charge is 0.472 e. The van der Waals surface area contributed by atoms with Crippen molar-refractivity contribution < 1.29 is 80.2 Å². The van der Waals surface area contributed by atoms with Gasteiger partial charge in [0.15, 0.2) is 12.2 Å². The highest BCUT2D eigenvalue weighted by atomic mass is 31.2. The minimum absolute atomic E-state index is 0.106. The number of aliphatic hydroxyl groups is 1. The molecule has 19 heteroatoms. The van der Waals surface area contributed by atoms with Gasteiger partial charge in [-0.15, -0.1) is 0 Å². The first kappa shape index (κ1) is 96.1. The summed E-state index contributed by atoms with van der Waals surface area (Å²) in [5.74, 6) is -0.633. The third kappa shape index (κ3) is 72.4. The third-order valence-corrected chi connectivity index (χ3v) is 20.4. The number of hydrogen-bond donors (Lipinski definition) is 3. The van der Waals surface area contributed by atoms with E-state index in [-0.39, 0.29) is 25.7 Å². The Hall–Kier alpha value is -1.94. The maximum Gasteiger partial charge on any atom is 0.472 e. The number of aliphatic hydroxyl groups excluding tert-OH is 1. The average molecular weight is 1440 g/mol. The van der Waals surface area contributed by atoms with Crippen molar-refractivity contribution in [3.05, 3.63) is 0 Å². The molecule has 582 valence electrons. The van der Waals surface area contributed by atoms with Crippen molar-refractivity contribution in [1.82, 2.24) is 0 Å². The number of phosphoric acid groups is 2. The van der Waals surface area contributed by atoms with Gasteiger partial charge in [0.25, 0.3) is 0 Å². The smallest absolute Gasteiger partial charge is 0.462 e. The van der Waals surface area contributed by atoms with Crippen molar-refractivity contribution in [3.8, 4) is 0 Å². The van der Waals surface area contributed by atoms with Crippen LogP contribution in [0.25, 0.3) is 0 Å². The summed E-state index contributed by atoms with van der Waals surface area (Å²) in [7, 11) is -9.92. The molecule has 0 aliphatic heterocycles. The van der Waals surface area contributed by atoms with E-state index >= 15 is 0 Å². The summed E-state index contributed by atoms with van der Waals surface area (Å²) < 4.78 is 68.7. The Kier molecular flexibility index (Phi) is 69.3. The van der Waals surface area contributed by atoms with Gasteiger partial charge in [0, 0.05) is 25.7 Å². The lowest BCUT2D eigenvalue weighted by Gasteiger charge is -2.21. The number of unbranched alkanes of at least 4 members (excludes halogenated alkanes) is 48. The Balaban J connectivity index is 5.25. The molecule has 0 saturated heterocycles. The van der Waals surface area contributed by atoms with Gasteiger partial charge in [0.05, 0.1) is 26.4 Å². The molecule has 0 aliphatic carbocycles. The van der Waals surface area contributed by atoms with Crippen molar-refractivity contribution in [2.45, 2.75) is 432 Å². The highest BCUT2D eigenvalue weighted by molar-refractivity contribution is 7.47. The van der Waals surface area contributed by atoms with Crippen LogP contribution in [0.3, 0.4) is 0 Å². The van der Waals surface area contributed by atoms with Crippen LogP contribution >= 0.6 is 15.6 Å². The monoisotopic (exact) mass is 1440 g/mol. The molecule has 98 heavy (non-hydrogen) atoms. The number of esters is 4. The van der Waals surface area contributed by atoms with E-state index in [1.165, 1.54) is 231 Å². The fraction of sp³-hybridized carbons (Fsp3) is 0.949. The molecule has 0 heterocycles. The lowest BCUT2D eigenvalue weighted by Crippen LogP contribution is -2.30. The Labute approximate surface area is 600 Å². The quantitative estimate of drug-likeness (QED) is 0.0222. The van der Waals surface area contributed by atoms with E-state index in [4.69, 9.17) is 37.0 Å². The van der Waals surface area contributed by atoms with Crippen LogP contribution in [0, 0.1) is 11.8 Å². The van der Waals surface area contributed by atoms with Gasteiger partial charge in [-0.3, -0.25) is 37.3 Å². The van der Waals surface area contributed by atoms with Crippen molar-refractivity contribution in [1.29, 1.82) is 0 Å². The second kappa shape index (κ2) is 70.7. The number of hydrogen-bond acceptors (Lipinski definition) is 15. The first-order valence-electron chi connectivity index (χ1n) is 41.0. The fourth-order valence-electron chi connectivity index (χ4n) is 12.2. The van der Waals surface area contributed by atoms with Crippen LogP contribution in [0.4, 0.5) is 0 Å². The van der Waals surface area contributed by atoms with Gasteiger partial charge in [-0.1, -0.05) is 363 Å². The molecule has 0 radical (unpaired) electrons. The number of carbonyl (C=O) groups is 4. The first-order chi connectivity index (χ1) is 47.4. The van der Waals surface area contributed by atoms with Crippen molar-refractivity contribution >= 4 is 39.5 Å². The lowest BCUT2D eigenvalue weighted by molar-refractivity contribution is -0.161. The van der Waals surface area contributed by atoms with E-state index in [2.05, 4.69) is 41.5 Å². The standard InChI is InChI=1S/C79H154O17P2/c1-7-9-11-13-15-17-19-21-23-25-26-28-30-32-37-45-51-57-63-78(83)95-74(67-89-76(81)61-55-49-43-36-31-29-27-24-22-20-18-16-14-12-10-8-2)69-93-97(85,86)91-65-73(80)66-92-98(87,88)94-70-75(68-90-77(82)62-56-50-44-40-39-42-48-54-60-72(5)6)96-79(84)64-58-52-46-38-34-33-35-41-47-53-59-71(3)4/h71-75,80H,7-70H2,1-6H3,(H,85,86)(H,87,88)/t73-,74-,75-/m1/s1. The summed E-state index contributed by atoms with van der Waals surface area (Å²) in [6.45, 7) is 9.58. The van der Waals surface area contributed by atoms with Gasteiger partial charge in [-0.2, -0.15) is 0 Å². The molecule has 0 spiro atoms. The second-order valence-electron chi connectivity index (χ2n) is 29.4. The van der Waals surface area contributed by atoms with E-state index in [1.807, 2.05) is 0 Å². The van der Waals surface area contributed by atoms with Crippen LogP contribution in [0.2, 0.25) is 0 Å². The molecular formula is C79H154O17P2. The predicted molar refractivity (Wildman–Crippen MR) is 400 cm³/mol. The molecule has 0 bridgehead atoms. The molecule has 0 rings (SSSR count). The maximum atomic E-state index is 13.1. The minimum Gasteiger partial charge on any atom is -0.462 e. The molecule has 2 unspecified atom stereocenters. The first-order valence-corrected chi connectivity index (χ1v) is 44.0. The normalized spacial score (nSPS) is 13.9. The zero-order chi connectivity index (χ0) is 72.1. The van der Waals surface area contributed by atoms with Crippen LogP contribution < -0.4 is 0 Å². The molecule has 0 aromatic carbocycles. The van der Waals surface area contributed by atoms with Crippen LogP contribution in [-0.2, 0) is 65.4 Å². The van der Waals surface area contributed by atoms with E-state index in [1.54, 1.807) is 0 Å². The summed E-state index contributed by atoms with van der Waals surface area (Å²) in [6, 6.07) is 0. The van der Waals surface area contributed by atoms with E-state index in [0.717, 1.165) is 102 Å². The molecule has 3 N–H and O–H groups in total. The molecule has 0 saturated carbocycles. The highest BCUT2D eigenvalue weighted by Crippen LogP contribution is 2.45. The Morgan fingerprint density at radius 3 is 0.694 bits per heavy atom. The summed E-state index contributed by atoms with van der Waals surface area (Å²) in [5, 5.41) is 10.6. The topological polar surface area (TPSA) is 237 Å². The summed E-state index contributed by atoms with van der Waals surface area (Å²) in [6.07, 6.45) is 59.7. The van der Waals surface area contributed by atoms with E-state index in [9.17, 15) is 43.2 Å². The average Bonchev–Trinajstić information content (AvgIpc) is 1.21. The zero-order valence-electron chi connectivity index (χ0n) is 64.1. The number of phosphoric ester groups is 2. The van der Waals surface area contributed by atoms with Gasteiger partial charge >= 0.3 is 39.5 Å². The van der Waals surface area contributed by atoms with Crippen molar-refractivity contribution in [3.63, 3.8) is 0 Å². The van der Waals surface area contributed by atoms with E-state index < -0.39 is 97.5 Å². The van der Waals surface area contributed by atoms with Gasteiger partial charge in [0.2, 0.25) is 0 Å². The molecule has 0 aromatic rings. The zero-order valence-corrected chi connectivity index (χ0v) is 65.9. The Morgan fingerprint density at radius 2 is 0.469 bits per heavy atom. The number of ether oxygens (including phenoxy) is 4. The van der Waals surface area contributed by atoms with Crippen molar-refractivity contribution in [2.24, 2.45) is 11.8 Å². The summed E-state index contributed by atoms with van der Waals surface area (Å²) in [4.78, 5) is 73.0. The SMILES string of the molecule is CCCCCCCCCCCCCCCCCCCCC(=O)O[C@H](COC(=O)CCCCCCCCCCCCCCCCCC)COP(=O)(O)OC[C@@H](O)COP(=O)(O)OC[C@@H](COC(=O)CCCCCCCCCCC(C)C)OC(=O)CCCCCCCCCCCCC(C)C. The molecular weight excluding hydrogens is 1280 g/mol. The van der Waals surface area contributed by atoms with E-state index in [0.29, 0.717) is 25.7 Å². The summed E-state index contributed by atoms with van der Waals surface area (Å²) >= 11 is 0. The van der Waals surface area contributed by atoms with Gasteiger partial charge in [-0.25, -0.2) is 9.13 Å². The third-order valence-electron chi connectivity index (χ3n) is 18.5. The molecule has 0 amide bonds. The Morgan fingerprint density at radius 1 is 0.276 bits per heavy atom. The summed E-state index contributed by atoms with van der Waals surface area (Å²) in [5.41, 5.74) is 0. The fourth-order valence-corrected chi connectivity index (χ4v) is 13.8. The molecule has 0 fully saturated rings. The van der Waals surface area contributed by atoms with Gasteiger partial charge < -0.3 is 33.8 Å². The predicted octanol–water partition coefficient (Wildman–Crippen LogP) is 23.5. The van der Waals surface area contributed by atoms with Crippen LogP contribution in [-0.4, -0.2) is 96.7 Å². The maximum absolute atomic E-state index is 13.1. The van der Waals surface area contributed by atoms with Crippen LogP contribution in [0.15, 0.2) is 0 Å². The second-order valence-corrected chi connectivity index (χ2v) is 32.3. The van der Waals surface area contributed by atoms with Crippen LogP contribution in [0.1, 0.15) is 414 Å². The number of carbonyl (C=O) groups excluding carboxylic acids is 4. The van der Waals surface area contributed by atoms with Crippen LogP contribution in [0.5, 0.6) is 0 Å². The number of rotatable bonds is 78. The lowest BCUT2D eigenvalue weighted by atomic mass is 10.0. The molecule has 0 aliphatic rings. The van der Waals surface area contributed by atoms with Gasteiger partial charge in [-0.05, 0) is 37.5 Å².